The van der Waals surface area contributed by atoms with E-state index in [-0.39, 0.29) is 12.2 Å². The van der Waals surface area contributed by atoms with Gasteiger partial charge in [0, 0.05) is 18.0 Å². The van der Waals surface area contributed by atoms with Gasteiger partial charge in [0.1, 0.15) is 4.21 Å². The summed E-state index contributed by atoms with van der Waals surface area (Å²) in [5.41, 5.74) is 2.20. The van der Waals surface area contributed by atoms with Gasteiger partial charge in [-0.15, -0.1) is 11.3 Å². The third-order valence-electron chi connectivity index (χ3n) is 3.99. The fourth-order valence-electron chi connectivity index (χ4n) is 2.75. The normalized spacial score (nSPS) is 23.1. The minimum Gasteiger partial charge on any atom is -0.368 e. The molecule has 3 rings (SSSR count). The Morgan fingerprint density at radius 1 is 1.09 bits per heavy atom. The molecule has 0 amide bonds. The van der Waals surface area contributed by atoms with Gasteiger partial charge in [-0.3, -0.25) is 0 Å². The molecule has 0 radical (unpaired) electrons. The topological polar surface area (TPSA) is 46.6 Å². The SMILES string of the molecule is Cc1ccc(C2CN(S(=O)(=O)c3ccc(C)s3)CC(C)O2)cc1. The van der Waals surface area contributed by atoms with Gasteiger partial charge in [-0.1, -0.05) is 29.8 Å². The molecule has 0 bridgehead atoms. The van der Waals surface area contributed by atoms with Gasteiger partial charge >= 0.3 is 0 Å². The summed E-state index contributed by atoms with van der Waals surface area (Å²) in [7, 11) is -3.45. The van der Waals surface area contributed by atoms with Crippen molar-refractivity contribution < 1.29 is 13.2 Å². The van der Waals surface area contributed by atoms with Crippen LogP contribution in [0.5, 0.6) is 0 Å². The Morgan fingerprint density at radius 2 is 1.78 bits per heavy atom. The molecule has 124 valence electrons. The number of benzene rings is 1. The Labute approximate surface area is 141 Å². The predicted molar refractivity (Wildman–Crippen MR) is 92.3 cm³/mol. The Hall–Kier alpha value is -1.21. The molecule has 1 aromatic carbocycles. The van der Waals surface area contributed by atoms with E-state index in [2.05, 4.69) is 0 Å². The number of thiophene rings is 1. The molecule has 1 aromatic heterocycles. The molecule has 0 saturated carbocycles. The predicted octanol–water partition coefficient (Wildman–Crippen LogP) is 3.52. The molecule has 2 heterocycles. The Balaban J connectivity index is 1.87. The van der Waals surface area contributed by atoms with Gasteiger partial charge in [-0.05, 0) is 38.5 Å². The maximum Gasteiger partial charge on any atom is 0.252 e. The van der Waals surface area contributed by atoms with E-state index in [9.17, 15) is 8.42 Å². The van der Waals surface area contributed by atoms with Crippen molar-refractivity contribution in [2.45, 2.75) is 37.2 Å². The van der Waals surface area contributed by atoms with E-state index >= 15 is 0 Å². The number of ether oxygens (including phenoxy) is 1. The van der Waals surface area contributed by atoms with Crippen molar-refractivity contribution in [2.75, 3.05) is 13.1 Å². The van der Waals surface area contributed by atoms with E-state index in [0.29, 0.717) is 17.3 Å². The Morgan fingerprint density at radius 3 is 2.39 bits per heavy atom. The molecule has 1 aliphatic heterocycles. The molecule has 1 saturated heterocycles. The van der Waals surface area contributed by atoms with Crippen molar-refractivity contribution in [3.05, 3.63) is 52.4 Å². The van der Waals surface area contributed by atoms with Crippen LogP contribution in [0.3, 0.4) is 0 Å². The van der Waals surface area contributed by atoms with E-state index < -0.39 is 10.0 Å². The minimum atomic E-state index is -3.45. The number of hydrogen-bond acceptors (Lipinski definition) is 4. The molecule has 2 unspecified atom stereocenters. The average Bonchev–Trinajstić information content (AvgIpc) is 2.95. The molecule has 0 spiro atoms. The lowest BCUT2D eigenvalue weighted by Crippen LogP contribution is -2.45. The number of nitrogens with zero attached hydrogens (tertiary/aromatic N) is 1. The van der Waals surface area contributed by atoms with Crippen LogP contribution < -0.4 is 0 Å². The van der Waals surface area contributed by atoms with E-state index in [1.807, 2.05) is 51.1 Å². The van der Waals surface area contributed by atoms with E-state index in [0.717, 1.165) is 10.4 Å². The van der Waals surface area contributed by atoms with Crippen molar-refractivity contribution in [2.24, 2.45) is 0 Å². The van der Waals surface area contributed by atoms with Crippen molar-refractivity contribution >= 4 is 21.4 Å². The number of rotatable bonds is 3. The second-order valence-electron chi connectivity index (χ2n) is 6.03. The fourth-order valence-corrected chi connectivity index (χ4v) is 5.71. The molecule has 1 fully saturated rings. The summed E-state index contributed by atoms with van der Waals surface area (Å²) in [4.78, 5) is 1.000. The minimum absolute atomic E-state index is 0.133. The largest absolute Gasteiger partial charge is 0.368 e. The zero-order valence-corrected chi connectivity index (χ0v) is 15.2. The molecule has 0 N–H and O–H groups in total. The molecule has 1 aliphatic rings. The molecule has 2 atom stereocenters. The Kier molecular flexibility index (Phi) is 4.60. The fraction of sp³-hybridized carbons (Fsp3) is 0.412. The summed E-state index contributed by atoms with van der Waals surface area (Å²) in [6, 6.07) is 11.6. The monoisotopic (exact) mass is 351 g/mol. The van der Waals surface area contributed by atoms with Gasteiger partial charge in [-0.2, -0.15) is 4.31 Å². The maximum atomic E-state index is 12.9. The molecule has 23 heavy (non-hydrogen) atoms. The molecular weight excluding hydrogens is 330 g/mol. The van der Waals surface area contributed by atoms with Crippen LogP contribution >= 0.6 is 11.3 Å². The van der Waals surface area contributed by atoms with E-state index in [1.54, 1.807) is 10.4 Å². The maximum absolute atomic E-state index is 12.9. The quantitative estimate of drug-likeness (QED) is 0.850. The molecule has 2 aromatic rings. The lowest BCUT2D eigenvalue weighted by atomic mass is 10.1. The Bertz CT molecular complexity index is 780. The molecule has 4 nitrogen and oxygen atoms in total. The van der Waals surface area contributed by atoms with Crippen LogP contribution in [0, 0.1) is 13.8 Å². The first kappa shape index (κ1) is 16.6. The van der Waals surface area contributed by atoms with Crippen LogP contribution in [0.1, 0.15) is 29.0 Å². The van der Waals surface area contributed by atoms with Crippen molar-refractivity contribution in [3.63, 3.8) is 0 Å². The second-order valence-corrected chi connectivity index (χ2v) is 9.49. The molecule has 6 heteroatoms. The first-order valence-corrected chi connectivity index (χ1v) is 9.90. The van der Waals surface area contributed by atoms with Crippen molar-refractivity contribution in [1.29, 1.82) is 0 Å². The van der Waals surface area contributed by atoms with E-state index in [4.69, 9.17) is 4.74 Å². The average molecular weight is 351 g/mol. The highest BCUT2D eigenvalue weighted by Gasteiger charge is 2.35. The number of hydrogen-bond donors (Lipinski definition) is 0. The first-order chi connectivity index (χ1) is 10.9. The first-order valence-electron chi connectivity index (χ1n) is 7.65. The van der Waals surface area contributed by atoms with Crippen LogP contribution in [0.15, 0.2) is 40.6 Å². The van der Waals surface area contributed by atoms with Crippen molar-refractivity contribution in [1.82, 2.24) is 4.31 Å². The third kappa shape index (κ3) is 3.50. The van der Waals surface area contributed by atoms with Gasteiger partial charge in [0.25, 0.3) is 10.0 Å². The van der Waals surface area contributed by atoms with Crippen LogP contribution in [0.4, 0.5) is 0 Å². The number of sulfonamides is 1. The van der Waals surface area contributed by atoms with Gasteiger partial charge in [0.15, 0.2) is 0 Å². The van der Waals surface area contributed by atoms with E-state index in [1.165, 1.54) is 16.9 Å². The molecular formula is C17H21NO3S2. The second kappa shape index (κ2) is 6.36. The smallest absolute Gasteiger partial charge is 0.252 e. The van der Waals surface area contributed by atoms with Gasteiger partial charge in [-0.25, -0.2) is 8.42 Å². The highest BCUT2D eigenvalue weighted by Crippen LogP contribution is 2.31. The van der Waals surface area contributed by atoms with Gasteiger partial charge in [0.2, 0.25) is 0 Å². The van der Waals surface area contributed by atoms with Gasteiger partial charge < -0.3 is 4.74 Å². The zero-order chi connectivity index (χ0) is 16.6. The van der Waals surface area contributed by atoms with Crippen LogP contribution in [0.25, 0.3) is 0 Å². The number of aryl methyl sites for hydroxylation is 2. The standard InChI is InChI=1S/C17H21NO3S2/c1-12-4-7-15(8-5-12)16-11-18(10-13(2)21-16)23(19,20)17-9-6-14(3)22-17/h4-9,13,16H,10-11H2,1-3H3. The molecule has 0 aliphatic carbocycles. The van der Waals surface area contributed by atoms with Gasteiger partial charge in [0.05, 0.1) is 12.2 Å². The summed E-state index contributed by atoms with van der Waals surface area (Å²) in [5.74, 6) is 0. The number of morpholine rings is 1. The highest BCUT2D eigenvalue weighted by molar-refractivity contribution is 7.91. The van der Waals surface area contributed by atoms with Crippen LogP contribution in [-0.2, 0) is 14.8 Å². The highest BCUT2D eigenvalue weighted by atomic mass is 32.2. The van der Waals surface area contributed by atoms with Crippen LogP contribution in [0.2, 0.25) is 0 Å². The van der Waals surface area contributed by atoms with Crippen molar-refractivity contribution in [3.8, 4) is 0 Å². The summed E-state index contributed by atoms with van der Waals surface area (Å²) in [6.07, 6.45) is -0.360. The summed E-state index contributed by atoms with van der Waals surface area (Å²) in [6.45, 7) is 6.61. The lowest BCUT2D eigenvalue weighted by molar-refractivity contribution is -0.0556. The summed E-state index contributed by atoms with van der Waals surface area (Å²) in [5, 5.41) is 0. The summed E-state index contributed by atoms with van der Waals surface area (Å²) >= 11 is 1.32. The third-order valence-corrected chi connectivity index (χ3v) is 7.29. The zero-order valence-electron chi connectivity index (χ0n) is 13.5. The lowest BCUT2D eigenvalue weighted by Gasteiger charge is -2.36. The van der Waals surface area contributed by atoms with Crippen LogP contribution in [-0.4, -0.2) is 31.9 Å². The summed E-state index contributed by atoms with van der Waals surface area (Å²) < 4.78 is 33.7.